The Morgan fingerprint density at radius 3 is 2.61 bits per heavy atom. The molecule has 3 aliphatic heterocycles. The van der Waals surface area contributed by atoms with E-state index in [4.69, 9.17) is 21.3 Å². The zero-order valence-corrected chi connectivity index (χ0v) is 25.5. The van der Waals surface area contributed by atoms with Crippen molar-refractivity contribution < 1.29 is 31.1 Å². The molecule has 1 amide bonds. The molecule has 0 unspecified atom stereocenters. The molecule has 3 aromatic rings. The maximum absolute atomic E-state index is 14.0. The number of aliphatic imine (C=N–C) groups is 1. The normalized spacial score (nSPS) is 21.2. The Balaban J connectivity index is 1.38. The summed E-state index contributed by atoms with van der Waals surface area (Å²) >= 11 is 7.82. The van der Waals surface area contributed by atoms with Crippen LogP contribution >= 0.6 is 22.9 Å². The van der Waals surface area contributed by atoms with Crippen LogP contribution in [0.5, 0.6) is 0 Å². The summed E-state index contributed by atoms with van der Waals surface area (Å²) in [5.74, 6) is -0.120. The molecule has 6 rings (SSSR count). The zero-order valence-electron chi connectivity index (χ0n) is 23.1. The van der Waals surface area contributed by atoms with E-state index < -0.39 is 40.8 Å². The molecule has 1 N–H and O–H groups in total. The number of halogens is 4. The van der Waals surface area contributed by atoms with Crippen LogP contribution in [0.4, 0.5) is 18.0 Å². The third-order valence-electron chi connectivity index (χ3n) is 7.55. The molecule has 44 heavy (non-hydrogen) atoms. The lowest BCUT2D eigenvalue weighted by Gasteiger charge is -2.33. The fourth-order valence-corrected chi connectivity index (χ4v) is 7.84. The van der Waals surface area contributed by atoms with Crippen LogP contribution < -0.4 is 4.72 Å². The van der Waals surface area contributed by atoms with Gasteiger partial charge >= 0.3 is 12.6 Å². The number of amides is 1. The van der Waals surface area contributed by atoms with Crippen molar-refractivity contribution in [1.29, 1.82) is 0 Å². The van der Waals surface area contributed by atoms with E-state index in [1.54, 1.807) is 11.6 Å². The summed E-state index contributed by atoms with van der Waals surface area (Å²) in [6.45, 7) is -2.22. The first-order valence-electron chi connectivity index (χ1n) is 13.4. The van der Waals surface area contributed by atoms with E-state index in [9.17, 15) is 26.4 Å². The number of alkyl halides is 2. The number of piperazine rings is 1. The number of hydrogen-bond donors (Lipinski definition) is 1. The highest BCUT2D eigenvalue weighted by atomic mass is 35.5. The highest BCUT2D eigenvalue weighted by molar-refractivity contribution is 7.87. The molecule has 1 aromatic carbocycles. The van der Waals surface area contributed by atoms with Gasteiger partial charge in [0.25, 0.3) is 10.2 Å². The van der Waals surface area contributed by atoms with Gasteiger partial charge in [0.05, 0.1) is 12.8 Å². The second-order valence-electron chi connectivity index (χ2n) is 10.2. The summed E-state index contributed by atoms with van der Waals surface area (Å²) in [6, 6.07) is 3.77. The van der Waals surface area contributed by atoms with Crippen molar-refractivity contribution in [3.8, 4) is 0 Å². The zero-order chi connectivity index (χ0) is 31.2. The minimum atomic E-state index is -3.98. The van der Waals surface area contributed by atoms with Gasteiger partial charge in [0.15, 0.2) is 10.8 Å². The van der Waals surface area contributed by atoms with Gasteiger partial charge in [-0.15, -0.1) is 11.3 Å². The van der Waals surface area contributed by atoms with Crippen molar-refractivity contribution >= 4 is 50.6 Å². The molecule has 2 atom stereocenters. The van der Waals surface area contributed by atoms with Gasteiger partial charge in [-0.25, -0.2) is 18.9 Å². The smallest absolute Gasteiger partial charge is 0.409 e. The average Bonchev–Trinajstić information content (AvgIpc) is 3.77. The van der Waals surface area contributed by atoms with Crippen LogP contribution in [-0.4, -0.2) is 95.1 Å². The van der Waals surface area contributed by atoms with Crippen LogP contribution in [0.1, 0.15) is 35.3 Å². The van der Waals surface area contributed by atoms with E-state index in [0.717, 1.165) is 12.3 Å². The van der Waals surface area contributed by atoms with Crippen LogP contribution in [0, 0.1) is 5.82 Å². The Bertz CT molecular complexity index is 1730. The molecule has 0 radical (unpaired) electrons. The number of benzene rings is 1. The Morgan fingerprint density at radius 2 is 1.98 bits per heavy atom. The minimum Gasteiger partial charge on any atom is -0.453 e. The highest BCUT2D eigenvalue weighted by Crippen LogP contribution is 2.46. The highest BCUT2D eigenvalue weighted by Gasteiger charge is 2.43. The van der Waals surface area contributed by atoms with Gasteiger partial charge in [0.1, 0.15) is 11.9 Å². The Hall–Kier alpha value is -3.51. The second-order valence-corrected chi connectivity index (χ2v) is 13.2. The van der Waals surface area contributed by atoms with Crippen molar-refractivity contribution in [3.05, 3.63) is 74.8 Å². The Kier molecular flexibility index (Phi) is 8.40. The van der Waals surface area contributed by atoms with E-state index >= 15 is 0 Å². The molecule has 0 aliphatic carbocycles. The number of carbonyl (C=O) groups excluding carboxylic acids is 1. The van der Waals surface area contributed by atoms with Crippen molar-refractivity contribution in [3.63, 3.8) is 0 Å². The molecule has 2 fully saturated rings. The predicted molar refractivity (Wildman–Crippen MR) is 156 cm³/mol. The lowest BCUT2D eigenvalue weighted by atomic mass is 9.92. The summed E-state index contributed by atoms with van der Waals surface area (Å²) in [7, 11) is -2.72. The number of fused-ring (bicyclic) bond motifs is 1. The van der Waals surface area contributed by atoms with E-state index in [1.807, 2.05) is 4.90 Å². The third-order valence-corrected chi connectivity index (χ3v) is 10.3. The molecule has 2 saturated heterocycles. The maximum atomic E-state index is 14.0. The van der Waals surface area contributed by atoms with Gasteiger partial charge in [-0.1, -0.05) is 17.7 Å². The molecular weight excluding hydrogens is 645 g/mol. The Labute approximate surface area is 259 Å². The number of hydrogen-bond acceptors (Lipinski definition) is 9. The molecule has 0 bridgehead atoms. The number of nitrogens with zero attached hydrogens (tertiary/aromatic N) is 7. The minimum absolute atomic E-state index is 0.0802. The fourth-order valence-electron chi connectivity index (χ4n) is 5.56. The van der Waals surface area contributed by atoms with Crippen LogP contribution in [0.15, 0.2) is 52.7 Å². The molecule has 18 heteroatoms. The maximum Gasteiger partial charge on any atom is 0.409 e. The molecule has 12 nitrogen and oxygen atoms in total. The van der Waals surface area contributed by atoms with Gasteiger partial charge in [-0.3, -0.25) is 4.99 Å². The first-order valence-corrected chi connectivity index (χ1v) is 16.1. The van der Waals surface area contributed by atoms with Gasteiger partial charge in [-0.2, -0.15) is 31.3 Å². The number of thiazole rings is 1. The van der Waals surface area contributed by atoms with Gasteiger partial charge < -0.3 is 14.5 Å². The summed E-state index contributed by atoms with van der Waals surface area (Å²) in [4.78, 5) is 24.4. The number of ether oxygens (including phenoxy) is 1. The molecule has 0 saturated carbocycles. The van der Waals surface area contributed by atoms with Gasteiger partial charge in [0.2, 0.25) is 0 Å². The van der Waals surface area contributed by atoms with Crippen LogP contribution in [-0.2, 0) is 14.9 Å². The molecule has 0 spiro atoms. The summed E-state index contributed by atoms with van der Waals surface area (Å²) < 4.78 is 77.4. The van der Waals surface area contributed by atoms with E-state index in [0.29, 0.717) is 32.4 Å². The van der Waals surface area contributed by atoms with E-state index in [-0.39, 0.29) is 49.9 Å². The first kappa shape index (κ1) is 30.5. The molecular formula is C26H26ClF3N8O4S2. The number of rotatable bonds is 7. The van der Waals surface area contributed by atoms with E-state index in [1.165, 1.54) is 45.9 Å². The predicted octanol–water partition coefficient (Wildman–Crippen LogP) is 3.73. The molecule has 2 aromatic heterocycles. The number of amidine groups is 1. The lowest BCUT2D eigenvalue weighted by Crippen LogP contribution is -2.55. The quantitative estimate of drug-likeness (QED) is 0.406. The molecule has 234 valence electrons. The van der Waals surface area contributed by atoms with Crippen LogP contribution in [0.25, 0.3) is 5.57 Å². The Morgan fingerprint density at radius 1 is 1.20 bits per heavy atom. The van der Waals surface area contributed by atoms with Gasteiger partial charge in [-0.05, 0) is 18.2 Å². The van der Waals surface area contributed by atoms with Crippen LogP contribution in [0.2, 0.25) is 5.02 Å². The van der Waals surface area contributed by atoms with Gasteiger partial charge in [0, 0.05) is 84.8 Å². The summed E-state index contributed by atoms with van der Waals surface area (Å²) in [5.41, 5.74) is 1.65. The fraction of sp³-hybridized carbons (Fsp3) is 0.385. The van der Waals surface area contributed by atoms with Crippen molar-refractivity contribution in [2.75, 3.05) is 39.8 Å². The SMILES string of the molecule is COC(=O)N1CCN(S(=O)(=O)N[C@H]2CC3=C(c4ccn(C(F)F)n4)[C@H](c4ccc(F)cc4Cl)N=C(c4nccs4)N3C2)CC1. The monoisotopic (exact) mass is 670 g/mol. The van der Waals surface area contributed by atoms with Crippen LogP contribution in [0.3, 0.4) is 0 Å². The first-order chi connectivity index (χ1) is 21.1. The summed E-state index contributed by atoms with van der Waals surface area (Å²) in [5, 5.41) is 6.50. The third kappa shape index (κ3) is 5.81. The van der Waals surface area contributed by atoms with Crippen molar-refractivity contribution in [2.24, 2.45) is 4.99 Å². The molecule has 3 aliphatic rings. The van der Waals surface area contributed by atoms with Crippen molar-refractivity contribution in [2.45, 2.75) is 25.1 Å². The largest absolute Gasteiger partial charge is 0.453 e. The number of aromatic nitrogens is 3. The second kappa shape index (κ2) is 12.1. The van der Waals surface area contributed by atoms with Crippen molar-refractivity contribution in [1.82, 2.24) is 33.6 Å². The number of methoxy groups -OCH3 is 1. The summed E-state index contributed by atoms with van der Waals surface area (Å²) in [6.07, 6.45) is 2.39. The number of carbonyl (C=O) groups is 1. The number of nitrogens with one attached hydrogen (secondary N) is 1. The standard InChI is InChI=1S/C26H26ClF3N8O4S2/c1-42-26(39)35-7-9-36(10-8-35)44(40,41)34-16-13-20-21(19-4-6-38(33-19)25(29)30)22(17-3-2-15(28)12-18(17)27)32-23(37(20)14-16)24-31-5-11-43-24/h2-6,11-12,16,22,25,34H,7-10,13-14H2,1H3/t16-,22-/m0/s1. The topological polar surface area (TPSA) is 125 Å². The molecule has 5 heterocycles. The van der Waals surface area contributed by atoms with E-state index in [2.05, 4.69) is 14.8 Å². The lowest BCUT2D eigenvalue weighted by molar-refractivity contribution is 0.0564. The average molecular weight is 671 g/mol.